The Morgan fingerprint density at radius 2 is 1.42 bits per heavy atom. The van der Waals surface area contributed by atoms with Crippen molar-refractivity contribution in [2.45, 2.75) is 64.4 Å². The second-order valence-corrected chi connectivity index (χ2v) is 7.83. The van der Waals surface area contributed by atoms with Gasteiger partial charge in [-0.15, -0.1) is 0 Å². The molecule has 0 heterocycles. The number of rotatable bonds is 13. The van der Waals surface area contributed by atoms with Crippen molar-refractivity contribution in [2.75, 3.05) is 39.2 Å². The normalized spacial score (nSPS) is 13.7. The summed E-state index contributed by atoms with van der Waals surface area (Å²) in [6.07, 6.45) is 10.9. The van der Waals surface area contributed by atoms with Gasteiger partial charge in [-0.25, -0.2) is 0 Å². The fourth-order valence-corrected chi connectivity index (χ4v) is 3.19. The van der Waals surface area contributed by atoms with Gasteiger partial charge in [0, 0.05) is 5.75 Å². The maximum absolute atomic E-state index is 9.87. The van der Waals surface area contributed by atoms with E-state index in [-0.39, 0.29) is 6.10 Å². The van der Waals surface area contributed by atoms with Crippen LogP contribution in [-0.4, -0.2) is 54.9 Å². The Balaban J connectivity index is 3.18. The summed E-state index contributed by atoms with van der Waals surface area (Å²) in [6, 6.07) is 0. The zero-order chi connectivity index (χ0) is 14.6. The molecule has 1 atom stereocenters. The summed E-state index contributed by atoms with van der Waals surface area (Å²) >= 11 is 1.91. The Morgan fingerprint density at radius 3 is 1.95 bits per heavy atom. The first kappa shape index (κ1) is 19.3. The quantitative estimate of drug-likeness (QED) is 0.410. The minimum atomic E-state index is -0.154. The first-order valence-corrected chi connectivity index (χ1v) is 9.17. The van der Waals surface area contributed by atoms with Crippen molar-refractivity contribution < 1.29 is 9.59 Å². The topological polar surface area (TPSA) is 20.2 Å². The molecule has 116 valence electrons. The van der Waals surface area contributed by atoms with Crippen molar-refractivity contribution in [3.8, 4) is 0 Å². The second kappa shape index (κ2) is 12.0. The van der Waals surface area contributed by atoms with Gasteiger partial charge in [-0.05, 0) is 12.2 Å². The van der Waals surface area contributed by atoms with Crippen LogP contribution < -0.4 is 0 Å². The molecule has 0 rings (SSSR count). The first-order valence-electron chi connectivity index (χ1n) is 8.02. The molecule has 0 aliphatic carbocycles. The largest absolute Gasteiger partial charge is 0.386 e. The van der Waals surface area contributed by atoms with Crippen LogP contribution >= 0.6 is 11.8 Å². The van der Waals surface area contributed by atoms with E-state index in [0.29, 0.717) is 0 Å². The zero-order valence-corrected chi connectivity index (χ0v) is 14.5. The minimum Gasteiger partial charge on any atom is -0.386 e. The third kappa shape index (κ3) is 16.2. The number of likely N-dealkylation sites (N-methyl/N-ethyl adjacent to an activating group) is 1. The molecular weight excluding hydrogens is 254 g/mol. The lowest BCUT2D eigenvalue weighted by Gasteiger charge is -2.26. The molecule has 0 aromatic heterocycles. The lowest BCUT2D eigenvalue weighted by molar-refractivity contribution is -0.873. The van der Waals surface area contributed by atoms with Gasteiger partial charge in [-0.3, -0.25) is 0 Å². The molecule has 0 fully saturated rings. The van der Waals surface area contributed by atoms with E-state index in [9.17, 15) is 5.11 Å². The molecule has 19 heavy (non-hydrogen) atoms. The Morgan fingerprint density at radius 1 is 0.895 bits per heavy atom. The average molecular weight is 291 g/mol. The molecule has 2 nitrogen and oxygen atoms in total. The molecule has 0 aliphatic rings. The van der Waals surface area contributed by atoms with Crippen molar-refractivity contribution in [1.82, 2.24) is 0 Å². The number of hydrogen-bond donors (Lipinski definition) is 1. The van der Waals surface area contributed by atoms with Gasteiger partial charge in [0.25, 0.3) is 0 Å². The van der Waals surface area contributed by atoms with Crippen LogP contribution in [0.25, 0.3) is 0 Å². The summed E-state index contributed by atoms with van der Waals surface area (Å²) in [6.45, 7) is 3.12. The molecule has 0 aliphatic heterocycles. The fraction of sp³-hybridized carbons (Fsp3) is 1.00. The van der Waals surface area contributed by atoms with E-state index in [4.69, 9.17) is 0 Å². The third-order valence-corrected chi connectivity index (χ3v) is 4.41. The van der Waals surface area contributed by atoms with Crippen LogP contribution in [0.5, 0.6) is 0 Å². The highest BCUT2D eigenvalue weighted by atomic mass is 32.2. The average Bonchev–Trinajstić information content (AvgIpc) is 2.29. The van der Waals surface area contributed by atoms with Gasteiger partial charge in [-0.1, -0.05) is 51.9 Å². The zero-order valence-electron chi connectivity index (χ0n) is 13.7. The number of unbranched alkanes of at least 4 members (excludes halogenated alkanes) is 7. The minimum absolute atomic E-state index is 0.154. The molecule has 3 heteroatoms. The Hall–Kier alpha value is 0.270. The number of aliphatic hydroxyl groups excluding tert-OH is 1. The Kier molecular flexibility index (Phi) is 12.2. The first-order chi connectivity index (χ1) is 8.95. The number of nitrogens with zero attached hydrogens (tertiary/aromatic N) is 1. The Bertz CT molecular complexity index is 192. The summed E-state index contributed by atoms with van der Waals surface area (Å²) in [5.74, 6) is 2.11. The van der Waals surface area contributed by atoms with Gasteiger partial charge in [0.2, 0.25) is 0 Å². The van der Waals surface area contributed by atoms with Crippen LogP contribution in [0.15, 0.2) is 0 Å². The van der Waals surface area contributed by atoms with Crippen molar-refractivity contribution >= 4 is 11.8 Å². The van der Waals surface area contributed by atoms with Gasteiger partial charge in [0.05, 0.1) is 21.1 Å². The predicted octanol–water partition coefficient (Wildman–Crippen LogP) is 3.93. The third-order valence-electron chi connectivity index (χ3n) is 3.21. The SMILES string of the molecule is CCCCCCCCCCSC[C@@H](O)C[N+](C)(C)C. The summed E-state index contributed by atoms with van der Waals surface area (Å²) in [5, 5.41) is 9.87. The Labute approximate surface area is 125 Å². The molecule has 0 aromatic rings. The van der Waals surface area contributed by atoms with Gasteiger partial charge in [-0.2, -0.15) is 11.8 Å². The standard InChI is InChI=1S/C16H36NOS/c1-5-6-7-8-9-10-11-12-13-19-15-16(18)14-17(2,3)4/h16,18H,5-15H2,1-4H3/q+1/t16-/m0/s1. The van der Waals surface area contributed by atoms with Gasteiger partial charge in [0.15, 0.2) is 0 Å². The second-order valence-electron chi connectivity index (χ2n) is 6.68. The maximum atomic E-state index is 9.87. The van der Waals surface area contributed by atoms with E-state index < -0.39 is 0 Å². The molecule has 0 saturated carbocycles. The van der Waals surface area contributed by atoms with Crippen LogP contribution in [0, 0.1) is 0 Å². The number of aliphatic hydroxyl groups is 1. The summed E-state index contributed by atoms with van der Waals surface area (Å²) < 4.78 is 0.847. The molecular formula is C16H36NOS+. The van der Waals surface area contributed by atoms with Crippen LogP contribution in [0.2, 0.25) is 0 Å². The highest BCUT2D eigenvalue weighted by Gasteiger charge is 2.14. The molecule has 0 bridgehead atoms. The number of thioether (sulfide) groups is 1. The number of hydrogen-bond acceptors (Lipinski definition) is 2. The van der Waals surface area contributed by atoms with Crippen LogP contribution in [0.3, 0.4) is 0 Å². The number of quaternary nitrogens is 1. The van der Waals surface area contributed by atoms with Crippen molar-refractivity contribution in [3.05, 3.63) is 0 Å². The molecule has 0 amide bonds. The van der Waals surface area contributed by atoms with Crippen LogP contribution in [0.1, 0.15) is 58.3 Å². The van der Waals surface area contributed by atoms with Crippen molar-refractivity contribution in [1.29, 1.82) is 0 Å². The lowest BCUT2D eigenvalue weighted by atomic mass is 10.1. The lowest BCUT2D eigenvalue weighted by Crippen LogP contribution is -2.42. The molecule has 0 unspecified atom stereocenters. The predicted molar refractivity (Wildman–Crippen MR) is 88.8 cm³/mol. The molecule has 0 aromatic carbocycles. The molecule has 0 saturated heterocycles. The summed E-state index contributed by atoms with van der Waals surface area (Å²) in [5.41, 5.74) is 0. The highest BCUT2D eigenvalue weighted by Crippen LogP contribution is 2.12. The highest BCUT2D eigenvalue weighted by molar-refractivity contribution is 7.99. The van der Waals surface area contributed by atoms with E-state index >= 15 is 0 Å². The summed E-state index contributed by atoms with van der Waals surface area (Å²) in [7, 11) is 6.39. The molecule has 0 radical (unpaired) electrons. The van der Waals surface area contributed by atoms with Crippen LogP contribution in [0.4, 0.5) is 0 Å². The van der Waals surface area contributed by atoms with E-state index in [1.807, 2.05) is 11.8 Å². The van der Waals surface area contributed by atoms with Gasteiger partial charge >= 0.3 is 0 Å². The van der Waals surface area contributed by atoms with Crippen LogP contribution in [-0.2, 0) is 0 Å². The monoisotopic (exact) mass is 290 g/mol. The molecule has 1 N–H and O–H groups in total. The fourth-order valence-electron chi connectivity index (χ4n) is 2.24. The van der Waals surface area contributed by atoms with E-state index in [1.165, 1.54) is 57.1 Å². The van der Waals surface area contributed by atoms with E-state index in [1.54, 1.807) is 0 Å². The maximum Gasteiger partial charge on any atom is 0.112 e. The summed E-state index contributed by atoms with van der Waals surface area (Å²) in [4.78, 5) is 0. The smallest absolute Gasteiger partial charge is 0.112 e. The van der Waals surface area contributed by atoms with Gasteiger partial charge < -0.3 is 9.59 Å². The van der Waals surface area contributed by atoms with Crippen molar-refractivity contribution in [3.63, 3.8) is 0 Å². The van der Waals surface area contributed by atoms with Gasteiger partial charge in [0.1, 0.15) is 12.6 Å². The van der Waals surface area contributed by atoms with Crippen molar-refractivity contribution in [2.24, 2.45) is 0 Å². The van der Waals surface area contributed by atoms with E-state index in [2.05, 4.69) is 28.1 Å². The van der Waals surface area contributed by atoms with E-state index in [0.717, 1.165) is 16.8 Å². The molecule has 0 spiro atoms.